The third-order valence-corrected chi connectivity index (χ3v) is 3.18. The Morgan fingerprint density at radius 1 is 1.00 bits per heavy atom. The number of anilines is 1. The molecule has 0 aliphatic heterocycles. The number of carbonyl (C=O) groups excluding carboxylic acids is 2. The van der Waals surface area contributed by atoms with Crippen LogP contribution in [-0.4, -0.2) is 17.9 Å². The molecule has 0 aromatic heterocycles. The van der Waals surface area contributed by atoms with Gasteiger partial charge >= 0.3 is 5.97 Å². The molecular weight excluding hydrogens is 290 g/mol. The molecule has 2 rings (SSSR count). The number of nitrogens with two attached hydrogens (primary N) is 1. The van der Waals surface area contributed by atoms with Gasteiger partial charge in [0, 0.05) is 16.3 Å². The summed E-state index contributed by atoms with van der Waals surface area (Å²) >= 11 is 5.77. The molecule has 0 heterocycles. The average Bonchev–Trinajstić information content (AvgIpc) is 2.47. The molecule has 5 heteroatoms. The zero-order valence-corrected chi connectivity index (χ0v) is 12.1. The van der Waals surface area contributed by atoms with Crippen LogP contribution in [-0.2, 0) is 4.74 Å². The molecule has 0 radical (unpaired) electrons. The Balaban J connectivity index is 2.05. The fourth-order valence-electron chi connectivity index (χ4n) is 1.75. The molecular formula is C16H14ClNO3. The molecule has 21 heavy (non-hydrogen) atoms. The number of ketones is 1. The van der Waals surface area contributed by atoms with E-state index in [0.29, 0.717) is 21.8 Å². The van der Waals surface area contributed by atoms with Crippen LogP contribution in [0.1, 0.15) is 27.6 Å². The lowest BCUT2D eigenvalue weighted by Crippen LogP contribution is -2.24. The summed E-state index contributed by atoms with van der Waals surface area (Å²) in [6, 6.07) is 12.7. The second-order valence-corrected chi connectivity index (χ2v) is 4.98. The highest BCUT2D eigenvalue weighted by Crippen LogP contribution is 2.14. The van der Waals surface area contributed by atoms with Gasteiger partial charge in [0.15, 0.2) is 6.10 Å². The van der Waals surface area contributed by atoms with Crippen LogP contribution in [0.2, 0.25) is 5.02 Å². The lowest BCUT2D eigenvalue weighted by molar-refractivity contribution is 0.0319. The maximum absolute atomic E-state index is 12.1. The van der Waals surface area contributed by atoms with E-state index >= 15 is 0 Å². The van der Waals surface area contributed by atoms with Crippen LogP contribution in [0, 0.1) is 0 Å². The molecule has 0 amide bonds. The topological polar surface area (TPSA) is 69.4 Å². The van der Waals surface area contributed by atoms with Gasteiger partial charge in [0.25, 0.3) is 0 Å². The first-order valence-corrected chi connectivity index (χ1v) is 6.71. The molecule has 0 unspecified atom stereocenters. The van der Waals surface area contributed by atoms with Crippen LogP contribution in [0.25, 0.3) is 0 Å². The van der Waals surface area contributed by atoms with Crippen LogP contribution in [0.15, 0.2) is 48.5 Å². The minimum absolute atomic E-state index is 0.282. The van der Waals surface area contributed by atoms with Gasteiger partial charge in [0.2, 0.25) is 5.78 Å². The van der Waals surface area contributed by atoms with E-state index in [1.165, 1.54) is 6.92 Å². The molecule has 0 fully saturated rings. The zero-order chi connectivity index (χ0) is 15.4. The Kier molecular flexibility index (Phi) is 4.60. The van der Waals surface area contributed by atoms with Crippen molar-refractivity contribution >= 4 is 29.0 Å². The second-order valence-electron chi connectivity index (χ2n) is 4.54. The number of ether oxygens (including phenoxy) is 1. The number of carbonyl (C=O) groups is 2. The Morgan fingerprint density at radius 2 is 1.52 bits per heavy atom. The van der Waals surface area contributed by atoms with Gasteiger partial charge in [-0.1, -0.05) is 11.6 Å². The molecule has 0 saturated heterocycles. The van der Waals surface area contributed by atoms with E-state index in [1.807, 2.05) is 0 Å². The van der Waals surface area contributed by atoms with Gasteiger partial charge in [-0.15, -0.1) is 0 Å². The van der Waals surface area contributed by atoms with Crippen molar-refractivity contribution in [2.45, 2.75) is 13.0 Å². The standard InChI is InChI=1S/C16H14ClNO3/c1-10(15(19)11-2-6-13(17)7-3-11)21-16(20)12-4-8-14(18)9-5-12/h2-10H,18H2,1H3/t10-/m1/s1. The quantitative estimate of drug-likeness (QED) is 0.534. The summed E-state index contributed by atoms with van der Waals surface area (Å²) in [5.41, 5.74) is 6.89. The van der Waals surface area contributed by atoms with E-state index < -0.39 is 12.1 Å². The van der Waals surface area contributed by atoms with Crippen molar-refractivity contribution in [2.24, 2.45) is 0 Å². The molecule has 108 valence electrons. The van der Waals surface area contributed by atoms with Crippen LogP contribution in [0.5, 0.6) is 0 Å². The number of halogens is 1. The number of nitrogen functional groups attached to an aromatic ring is 1. The predicted octanol–water partition coefficient (Wildman–Crippen LogP) is 3.35. The zero-order valence-electron chi connectivity index (χ0n) is 11.4. The maximum atomic E-state index is 12.1. The monoisotopic (exact) mass is 303 g/mol. The first-order valence-electron chi connectivity index (χ1n) is 6.33. The van der Waals surface area contributed by atoms with Crippen molar-refractivity contribution in [2.75, 3.05) is 5.73 Å². The fraction of sp³-hybridized carbons (Fsp3) is 0.125. The van der Waals surface area contributed by atoms with Gasteiger partial charge in [0.1, 0.15) is 0 Å². The largest absolute Gasteiger partial charge is 0.451 e. The molecule has 2 N–H and O–H groups in total. The number of hydrogen-bond acceptors (Lipinski definition) is 4. The lowest BCUT2D eigenvalue weighted by atomic mass is 10.1. The van der Waals surface area contributed by atoms with E-state index in [1.54, 1.807) is 48.5 Å². The summed E-state index contributed by atoms with van der Waals surface area (Å²) in [5.74, 6) is -0.847. The summed E-state index contributed by atoms with van der Waals surface area (Å²) in [4.78, 5) is 24.1. The Bertz CT molecular complexity index is 650. The van der Waals surface area contributed by atoms with Crippen LogP contribution < -0.4 is 5.73 Å². The van der Waals surface area contributed by atoms with Crippen molar-refractivity contribution in [1.82, 2.24) is 0 Å². The maximum Gasteiger partial charge on any atom is 0.338 e. The predicted molar refractivity (Wildman–Crippen MR) is 81.5 cm³/mol. The van der Waals surface area contributed by atoms with E-state index in [0.717, 1.165) is 0 Å². The summed E-state index contributed by atoms with van der Waals surface area (Å²) in [7, 11) is 0. The van der Waals surface area contributed by atoms with Gasteiger partial charge in [-0.2, -0.15) is 0 Å². The minimum atomic E-state index is -0.878. The van der Waals surface area contributed by atoms with E-state index in [4.69, 9.17) is 22.1 Å². The van der Waals surface area contributed by atoms with Crippen LogP contribution in [0.4, 0.5) is 5.69 Å². The molecule has 2 aromatic rings. The molecule has 0 aliphatic carbocycles. The highest BCUT2D eigenvalue weighted by molar-refractivity contribution is 6.30. The summed E-state index contributed by atoms with van der Waals surface area (Å²) in [6.07, 6.45) is -0.878. The van der Waals surface area contributed by atoms with Gasteiger partial charge in [-0.3, -0.25) is 4.79 Å². The number of rotatable bonds is 4. The summed E-state index contributed by atoms with van der Waals surface area (Å²) in [6.45, 7) is 1.53. The SMILES string of the molecule is C[C@@H](OC(=O)c1ccc(N)cc1)C(=O)c1ccc(Cl)cc1. The molecule has 0 spiro atoms. The minimum Gasteiger partial charge on any atom is -0.451 e. The van der Waals surface area contributed by atoms with Crippen molar-refractivity contribution < 1.29 is 14.3 Å². The molecule has 0 aliphatic rings. The van der Waals surface area contributed by atoms with Crippen molar-refractivity contribution in [3.05, 3.63) is 64.7 Å². The number of hydrogen-bond donors (Lipinski definition) is 1. The summed E-state index contributed by atoms with van der Waals surface area (Å²) in [5, 5.41) is 0.540. The molecule has 0 saturated carbocycles. The Hall–Kier alpha value is -2.33. The van der Waals surface area contributed by atoms with E-state index in [-0.39, 0.29) is 5.78 Å². The number of benzene rings is 2. The normalized spacial score (nSPS) is 11.7. The number of esters is 1. The second kappa shape index (κ2) is 6.41. The highest BCUT2D eigenvalue weighted by Gasteiger charge is 2.20. The summed E-state index contributed by atoms with van der Waals surface area (Å²) < 4.78 is 5.16. The average molecular weight is 304 g/mol. The number of Topliss-reactive ketones (excluding diaryl/α,β-unsaturated/α-hetero) is 1. The molecule has 0 bridgehead atoms. The van der Waals surface area contributed by atoms with Gasteiger partial charge in [-0.25, -0.2) is 4.79 Å². The van der Waals surface area contributed by atoms with Crippen molar-refractivity contribution in [3.8, 4) is 0 Å². The van der Waals surface area contributed by atoms with Gasteiger partial charge in [-0.05, 0) is 55.5 Å². The molecule has 4 nitrogen and oxygen atoms in total. The van der Waals surface area contributed by atoms with Crippen LogP contribution in [0.3, 0.4) is 0 Å². The van der Waals surface area contributed by atoms with Crippen LogP contribution >= 0.6 is 11.6 Å². The van der Waals surface area contributed by atoms with Crippen molar-refractivity contribution in [3.63, 3.8) is 0 Å². The highest BCUT2D eigenvalue weighted by atomic mass is 35.5. The lowest BCUT2D eigenvalue weighted by Gasteiger charge is -2.12. The van der Waals surface area contributed by atoms with Gasteiger partial charge in [0.05, 0.1) is 5.56 Å². The first kappa shape index (κ1) is 15.1. The smallest absolute Gasteiger partial charge is 0.338 e. The molecule has 2 aromatic carbocycles. The molecule has 1 atom stereocenters. The third kappa shape index (κ3) is 3.83. The Labute approximate surface area is 127 Å². The fourth-order valence-corrected chi connectivity index (χ4v) is 1.88. The van der Waals surface area contributed by atoms with E-state index in [2.05, 4.69) is 0 Å². The van der Waals surface area contributed by atoms with Crippen molar-refractivity contribution in [1.29, 1.82) is 0 Å². The van der Waals surface area contributed by atoms with Gasteiger partial charge < -0.3 is 10.5 Å². The third-order valence-electron chi connectivity index (χ3n) is 2.93. The van der Waals surface area contributed by atoms with E-state index in [9.17, 15) is 9.59 Å². The Morgan fingerprint density at radius 3 is 2.10 bits per heavy atom. The first-order chi connectivity index (χ1) is 9.97.